The lowest BCUT2D eigenvalue weighted by Gasteiger charge is -2.32. The van der Waals surface area contributed by atoms with Gasteiger partial charge in [-0.25, -0.2) is 0 Å². The Kier molecular flexibility index (Phi) is 8.22. The molecule has 1 aliphatic rings. The van der Waals surface area contributed by atoms with Crippen LogP contribution in [0.1, 0.15) is 129 Å². The molecule has 0 N–H and O–H groups in total. The second kappa shape index (κ2) is 10.9. The molecule has 0 aromatic heterocycles. The van der Waals surface area contributed by atoms with Crippen molar-refractivity contribution in [1.29, 1.82) is 0 Å². The van der Waals surface area contributed by atoms with E-state index in [1.54, 1.807) is 0 Å². The number of hydrazone groups is 1. The Morgan fingerprint density at radius 3 is 1.68 bits per heavy atom. The van der Waals surface area contributed by atoms with E-state index in [9.17, 15) is 0 Å². The van der Waals surface area contributed by atoms with Gasteiger partial charge in [-0.3, -0.25) is 5.01 Å². The standard InChI is InChI=1S/C39H52N2/c1-36(2,3)28-19-22-33(38(7,8)9)27(24-28)18-21-30-26-35(41(40-30)31-16-14-13-15-17-31)32-25-29(37(4,5)6)20-23-34(32)39(10,11)12/h13-25,35H,26H2,1-12H3. The van der Waals surface area contributed by atoms with Gasteiger partial charge >= 0.3 is 0 Å². The van der Waals surface area contributed by atoms with Crippen molar-refractivity contribution < 1.29 is 0 Å². The molecule has 0 radical (unpaired) electrons. The lowest BCUT2D eigenvalue weighted by atomic mass is 9.77. The summed E-state index contributed by atoms with van der Waals surface area (Å²) >= 11 is 0. The maximum absolute atomic E-state index is 5.27. The molecule has 0 aliphatic carbocycles. The van der Waals surface area contributed by atoms with E-state index in [0.717, 1.165) is 17.8 Å². The fourth-order valence-corrected chi connectivity index (χ4v) is 5.72. The highest BCUT2D eigenvalue weighted by Gasteiger charge is 2.33. The van der Waals surface area contributed by atoms with Gasteiger partial charge in [0.15, 0.2) is 0 Å². The maximum atomic E-state index is 5.27. The van der Waals surface area contributed by atoms with Crippen LogP contribution in [0.3, 0.4) is 0 Å². The van der Waals surface area contributed by atoms with E-state index in [4.69, 9.17) is 5.10 Å². The topological polar surface area (TPSA) is 15.6 Å². The van der Waals surface area contributed by atoms with Crippen LogP contribution in [0.2, 0.25) is 0 Å². The van der Waals surface area contributed by atoms with E-state index < -0.39 is 0 Å². The van der Waals surface area contributed by atoms with Crippen LogP contribution in [0.15, 0.2) is 77.9 Å². The first-order valence-corrected chi connectivity index (χ1v) is 15.3. The molecular formula is C39H52N2. The van der Waals surface area contributed by atoms with E-state index in [1.807, 2.05) is 0 Å². The molecule has 0 spiro atoms. The van der Waals surface area contributed by atoms with E-state index >= 15 is 0 Å². The zero-order valence-electron chi connectivity index (χ0n) is 27.7. The van der Waals surface area contributed by atoms with Crippen molar-refractivity contribution in [2.75, 3.05) is 5.01 Å². The van der Waals surface area contributed by atoms with Gasteiger partial charge in [0.2, 0.25) is 0 Å². The first-order valence-electron chi connectivity index (χ1n) is 15.3. The predicted molar refractivity (Wildman–Crippen MR) is 180 cm³/mol. The summed E-state index contributed by atoms with van der Waals surface area (Å²) < 4.78 is 0. The van der Waals surface area contributed by atoms with Gasteiger partial charge in [-0.1, -0.05) is 144 Å². The molecule has 0 saturated carbocycles. The molecule has 1 unspecified atom stereocenters. The molecule has 4 rings (SSSR count). The van der Waals surface area contributed by atoms with Crippen LogP contribution in [0, 0.1) is 0 Å². The quantitative estimate of drug-likeness (QED) is 0.316. The Morgan fingerprint density at radius 1 is 0.610 bits per heavy atom. The summed E-state index contributed by atoms with van der Waals surface area (Å²) in [7, 11) is 0. The fourth-order valence-electron chi connectivity index (χ4n) is 5.72. The molecule has 0 saturated heterocycles. The summed E-state index contributed by atoms with van der Waals surface area (Å²) in [5.74, 6) is 0. The third-order valence-electron chi connectivity index (χ3n) is 8.22. The summed E-state index contributed by atoms with van der Waals surface area (Å²) in [6.45, 7) is 27.6. The van der Waals surface area contributed by atoms with Crippen LogP contribution < -0.4 is 5.01 Å². The van der Waals surface area contributed by atoms with Gasteiger partial charge in [-0.15, -0.1) is 0 Å². The van der Waals surface area contributed by atoms with Crippen LogP contribution in [-0.2, 0) is 21.7 Å². The minimum absolute atomic E-state index is 0.0295. The first-order chi connectivity index (χ1) is 18.9. The number of anilines is 1. The zero-order valence-corrected chi connectivity index (χ0v) is 27.7. The largest absolute Gasteiger partial charge is 0.257 e. The van der Waals surface area contributed by atoms with Gasteiger partial charge in [0, 0.05) is 6.42 Å². The summed E-state index contributed by atoms with van der Waals surface area (Å²) in [5, 5.41) is 7.53. The SMILES string of the molecule is CC(C)(C)c1ccc(C(C)(C)C)c(C=CC2=NN(c3ccccc3)C(c3cc(C(C)(C)C)ccc3C(C)(C)C)C2)c1. The Balaban J connectivity index is 1.82. The highest BCUT2D eigenvalue weighted by Crippen LogP contribution is 2.42. The van der Waals surface area contributed by atoms with Crippen LogP contribution in [0.4, 0.5) is 5.69 Å². The monoisotopic (exact) mass is 548 g/mol. The molecule has 0 bridgehead atoms. The number of allylic oxidation sites excluding steroid dienone is 1. The van der Waals surface area contributed by atoms with Gasteiger partial charge in [0.25, 0.3) is 0 Å². The summed E-state index contributed by atoms with van der Waals surface area (Å²) in [6, 6.07) is 24.9. The molecular weight excluding hydrogens is 496 g/mol. The molecule has 218 valence electrons. The molecule has 41 heavy (non-hydrogen) atoms. The molecule has 3 aromatic carbocycles. The van der Waals surface area contributed by atoms with Crippen LogP contribution in [0.5, 0.6) is 0 Å². The van der Waals surface area contributed by atoms with Crippen molar-refractivity contribution in [3.63, 3.8) is 0 Å². The molecule has 1 atom stereocenters. The van der Waals surface area contributed by atoms with Crippen LogP contribution in [-0.4, -0.2) is 5.71 Å². The number of hydrogen-bond acceptors (Lipinski definition) is 2. The van der Waals surface area contributed by atoms with Crippen molar-refractivity contribution in [2.24, 2.45) is 5.10 Å². The third-order valence-corrected chi connectivity index (χ3v) is 8.22. The average molecular weight is 549 g/mol. The van der Waals surface area contributed by atoms with Gasteiger partial charge in [-0.05, 0) is 73.2 Å². The molecule has 3 aromatic rings. The fraction of sp³-hybridized carbons (Fsp3) is 0.462. The van der Waals surface area contributed by atoms with E-state index in [1.165, 1.54) is 33.4 Å². The lowest BCUT2D eigenvalue weighted by Crippen LogP contribution is -2.25. The molecule has 1 aliphatic heterocycles. The van der Waals surface area contributed by atoms with Crippen molar-refractivity contribution in [3.05, 3.63) is 106 Å². The first kappa shape index (κ1) is 30.8. The second-order valence-electron chi connectivity index (χ2n) is 15.9. The Labute approximate surface area is 250 Å². The maximum Gasteiger partial charge on any atom is 0.0834 e. The van der Waals surface area contributed by atoms with Crippen molar-refractivity contribution >= 4 is 17.5 Å². The zero-order chi connectivity index (χ0) is 30.4. The number of benzene rings is 3. The van der Waals surface area contributed by atoms with E-state index in [0.29, 0.717) is 0 Å². The molecule has 0 amide bonds. The smallest absolute Gasteiger partial charge is 0.0834 e. The van der Waals surface area contributed by atoms with E-state index in [2.05, 4.69) is 167 Å². The van der Waals surface area contributed by atoms with Crippen molar-refractivity contribution in [1.82, 2.24) is 0 Å². The highest BCUT2D eigenvalue weighted by atomic mass is 15.5. The molecule has 2 heteroatoms. The number of nitrogens with zero attached hydrogens (tertiary/aromatic N) is 2. The molecule has 1 heterocycles. The third kappa shape index (κ3) is 7.03. The summed E-state index contributed by atoms with van der Waals surface area (Å²) in [5.41, 5.74) is 10.7. The van der Waals surface area contributed by atoms with E-state index in [-0.39, 0.29) is 27.7 Å². The normalized spacial score (nSPS) is 16.9. The van der Waals surface area contributed by atoms with Crippen molar-refractivity contribution in [2.45, 2.75) is 117 Å². The Morgan fingerprint density at radius 2 is 1.15 bits per heavy atom. The lowest BCUT2D eigenvalue weighted by molar-refractivity contribution is 0.557. The summed E-state index contributed by atoms with van der Waals surface area (Å²) in [4.78, 5) is 0. The predicted octanol–water partition coefficient (Wildman–Crippen LogP) is 10.9. The number of para-hydroxylation sites is 1. The Bertz CT molecular complexity index is 1430. The molecule has 2 nitrogen and oxygen atoms in total. The highest BCUT2D eigenvalue weighted by molar-refractivity contribution is 6.01. The second-order valence-corrected chi connectivity index (χ2v) is 15.9. The molecule has 0 fully saturated rings. The van der Waals surface area contributed by atoms with Crippen molar-refractivity contribution in [3.8, 4) is 0 Å². The average Bonchev–Trinajstić information content (AvgIpc) is 3.29. The van der Waals surface area contributed by atoms with Gasteiger partial charge in [-0.2, -0.15) is 5.10 Å². The summed E-state index contributed by atoms with van der Waals surface area (Å²) in [6.07, 6.45) is 5.43. The minimum atomic E-state index is 0.0295. The van der Waals surface area contributed by atoms with Gasteiger partial charge in [0.1, 0.15) is 0 Å². The van der Waals surface area contributed by atoms with Gasteiger partial charge in [0.05, 0.1) is 17.4 Å². The van der Waals surface area contributed by atoms with Gasteiger partial charge < -0.3 is 0 Å². The van der Waals surface area contributed by atoms with Crippen LogP contribution in [0.25, 0.3) is 6.08 Å². The Hall–Kier alpha value is -3.13. The number of hydrogen-bond donors (Lipinski definition) is 0. The minimum Gasteiger partial charge on any atom is -0.257 e. The number of rotatable bonds is 4. The van der Waals surface area contributed by atoms with Crippen LogP contribution >= 0.6 is 0 Å².